The fourth-order valence-corrected chi connectivity index (χ4v) is 2.58. The lowest BCUT2D eigenvalue weighted by Crippen LogP contribution is -2.14. The Bertz CT molecular complexity index is 968. The van der Waals surface area contributed by atoms with E-state index in [2.05, 4.69) is 26.7 Å². The van der Waals surface area contributed by atoms with Crippen LogP contribution in [0.3, 0.4) is 0 Å². The van der Waals surface area contributed by atoms with Gasteiger partial charge in [-0.05, 0) is 43.7 Å². The molecule has 1 amide bonds. The minimum atomic E-state index is -0.341. The number of nitrogens with zero attached hydrogens (tertiary/aromatic N) is 2. The smallest absolute Gasteiger partial charge is 0.274 e. The van der Waals surface area contributed by atoms with Gasteiger partial charge >= 0.3 is 0 Å². The van der Waals surface area contributed by atoms with Gasteiger partial charge in [0.25, 0.3) is 5.91 Å². The van der Waals surface area contributed by atoms with E-state index in [-0.39, 0.29) is 17.4 Å². The average Bonchev–Trinajstić information content (AvgIpc) is 2.67. The number of benzene rings is 2. The molecule has 0 aliphatic carbocycles. The number of hydrogen-bond acceptors (Lipinski definition) is 5. The van der Waals surface area contributed by atoms with Crippen molar-refractivity contribution in [3.63, 3.8) is 0 Å². The normalized spacial score (nSPS) is 10.3. The summed E-state index contributed by atoms with van der Waals surface area (Å²) in [6.45, 7) is 4.14. The van der Waals surface area contributed by atoms with Crippen LogP contribution >= 0.6 is 0 Å². The molecule has 0 radical (unpaired) electrons. The summed E-state index contributed by atoms with van der Waals surface area (Å²) in [6, 6.07) is 16.5. The Morgan fingerprint density at radius 2 is 1.78 bits per heavy atom. The second kappa shape index (κ2) is 8.23. The van der Waals surface area contributed by atoms with Crippen molar-refractivity contribution in [2.75, 3.05) is 10.6 Å². The molecule has 6 heteroatoms. The monoisotopic (exact) mass is 360 g/mol. The molecule has 0 fully saturated rings. The van der Waals surface area contributed by atoms with E-state index >= 15 is 0 Å². The van der Waals surface area contributed by atoms with E-state index in [1.165, 1.54) is 18.8 Å². The summed E-state index contributed by atoms with van der Waals surface area (Å²) >= 11 is 0. The summed E-state index contributed by atoms with van der Waals surface area (Å²) in [6.07, 6.45) is 1.35. The van der Waals surface area contributed by atoms with Crippen LogP contribution in [0.5, 0.6) is 0 Å². The predicted molar refractivity (Wildman–Crippen MR) is 105 cm³/mol. The first-order valence-corrected chi connectivity index (χ1v) is 8.55. The molecule has 0 aliphatic rings. The summed E-state index contributed by atoms with van der Waals surface area (Å²) in [5.74, 6) is 0.211. The van der Waals surface area contributed by atoms with E-state index < -0.39 is 0 Å². The van der Waals surface area contributed by atoms with Gasteiger partial charge in [0.1, 0.15) is 17.8 Å². The van der Waals surface area contributed by atoms with E-state index in [1.807, 2.05) is 25.1 Å². The molecule has 27 heavy (non-hydrogen) atoms. The van der Waals surface area contributed by atoms with E-state index in [9.17, 15) is 9.59 Å². The number of hydrogen-bond donors (Lipinski definition) is 2. The highest BCUT2D eigenvalue weighted by Gasteiger charge is 2.10. The van der Waals surface area contributed by atoms with Crippen molar-refractivity contribution in [3.8, 4) is 0 Å². The van der Waals surface area contributed by atoms with Gasteiger partial charge in [-0.25, -0.2) is 9.97 Å². The highest BCUT2D eigenvalue weighted by atomic mass is 16.2. The predicted octanol–water partition coefficient (Wildman–Crippen LogP) is 3.85. The van der Waals surface area contributed by atoms with Crippen molar-refractivity contribution in [1.29, 1.82) is 0 Å². The molecule has 0 bridgehead atoms. The van der Waals surface area contributed by atoms with Gasteiger partial charge in [0.05, 0.1) is 0 Å². The highest BCUT2D eigenvalue weighted by molar-refractivity contribution is 6.03. The quantitative estimate of drug-likeness (QED) is 0.652. The summed E-state index contributed by atoms with van der Waals surface area (Å²) in [7, 11) is 0. The maximum absolute atomic E-state index is 12.4. The molecule has 0 atom stereocenters. The molecule has 136 valence electrons. The average molecular weight is 360 g/mol. The summed E-state index contributed by atoms with van der Waals surface area (Å²) < 4.78 is 0. The number of aromatic nitrogens is 2. The highest BCUT2D eigenvalue weighted by Crippen LogP contribution is 2.13. The SMILES string of the molecule is CC(=O)c1ccc(NC(=O)c2cc(NCc3cccc(C)c3)ncn2)cc1. The van der Waals surface area contributed by atoms with Gasteiger partial charge < -0.3 is 10.6 Å². The molecule has 0 saturated carbocycles. The maximum Gasteiger partial charge on any atom is 0.274 e. The summed E-state index contributed by atoms with van der Waals surface area (Å²) in [4.78, 5) is 31.9. The topological polar surface area (TPSA) is 84.0 Å². The fourth-order valence-electron chi connectivity index (χ4n) is 2.58. The largest absolute Gasteiger partial charge is 0.366 e. The molecule has 3 rings (SSSR count). The number of carbonyl (C=O) groups is 2. The molecule has 0 spiro atoms. The van der Waals surface area contributed by atoms with Crippen LogP contribution in [-0.4, -0.2) is 21.7 Å². The zero-order valence-corrected chi connectivity index (χ0v) is 15.2. The number of amides is 1. The lowest BCUT2D eigenvalue weighted by molar-refractivity contribution is 0.101. The van der Waals surface area contributed by atoms with Crippen molar-refractivity contribution in [2.45, 2.75) is 20.4 Å². The van der Waals surface area contributed by atoms with Gasteiger partial charge in [0, 0.05) is 23.9 Å². The molecule has 0 unspecified atom stereocenters. The van der Waals surface area contributed by atoms with Crippen LogP contribution in [0, 0.1) is 6.92 Å². The summed E-state index contributed by atoms with van der Waals surface area (Å²) in [5, 5.41) is 5.96. The van der Waals surface area contributed by atoms with Crippen LogP contribution < -0.4 is 10.6 Å². The maximum atomic E-state index is 12.4. The molecule has 0 aliphatic heterocycles. The molecule has 2 aromatic carbocycles. The minimum absolute atomic E-state index is 0.0204. The van der Waals surface area contributed by atoms with E-state index in [4.69, 9.17) is 0 Å². The molecule has 3 aromatic rings. The van der Waals surface area contributed by atoms with Crippen LogP contribution in [0.4, 0.5) is 11.5 Å². The molecular formula is C21H20N4O2. The van der Waals surface area contributed by atoms with Gasteiger partial charge in [-0.2, -0.15) is 0 Å². The van der Waals surface area contributed by atoms with Gasteiger partial charge in [-0.15, -0.1) is 0 Å². The second-order valence-electron chi connectivity index (χ2n) is 6.22. The molecule has 0 saturated heterocycles. The zero-order chi connectivity index (χ0) is 19.2. The number of nitrogens with one attached hydrogen (secondary N) is 2. The van der Waals surface area contributed by atoms with Crippen molar-refractivity contribution in [2.24, 2.45) is 0 Å². The summed E-state index contributed by atoms with van der Waals surface area (Å²) in [5.41, 5.74) is 3.76. The Balaban J connectivity index is 1.65. The van der Waals surface area contributed by atoms with Crippen LogP contribution in [0.1, 0.15) is 38.9 Å². The first-order chi connectivity index (χ1) is 13.0. The Morgan fingerprint density at radius 3 is 2.48 bits per heavy atom. The lowest BCUT2D eigenvalue weighted by Gasteiger charge is -2.08. The van der Waals surface area contributed by atoms with Crippen molar-refractivity contribution in [1.82, 2.24) is 9.97 Å². The molecule has 1 heterocycles. The van der Waals surface area contributed by atoms with E-state index in [0.29, 0.717) is 23.6 Å². The molecule has 2 N–H and O–H groups in total. The Kier molecular flexibility index (Phi) is 5.56. The Morgan fingerprint density at radius 1 is 1.00 bits per heavy atom. The molecular weight excluding hydrogens is 340 g/mol. The molecule has 6 nitrogen and oxygen atoms in total. The number of aryl methyl sites for hydroxylation is 1. The number of rotatable bonds is 6. The van der Waals surface area contributed by atoms with Crippen LogP contribution in [-0.2, 0) is 6.54 Å². The fraction of sp³-hybridized carbons (Fsp3) is 0.143. The third kappa shape index (κ3) is 4.98. The second-order valence-corrected chi connectivity index (χ2v) is 6.22. The Labute approximate surface area is 157 Å². The van der Waals surface area contributed by atoms with Gasteiger partial charge in [-0.3, -0.25) is 9.59 Å². The minimum Gasteiger partial charge on any atom is -0.366 e. The number of anilines is 2. The number of ketones is 1. The van der Waals surface area contributed by atoms with E-state index in [1.54, 1.807) is 30.3 Å². The van der Waals surface area contributed by atoms with E-state index in [0.717, 1.165) is 5.56 Å². The van der Waals surface area contributed by atoms with Gasteiger partial charge in [0.2, 0.25) is 0 Å². The van der Waals surface area contributed by atoms with Crippen LogP contribution in [0.25, 0.3) is 0 Å². The number of Topliss-reactive ketones (excluding diaryl/α,β-unsaturated/α-hetero) is 1. The number of carbonyl (C=O) groups excluding carboxylic acids is 2. The van der Waals surface area contributed by atoms with Gasteiger partial charge in [-0.1, -0.05) is 29.8 Å². The Hall–Kier alpha value is -3.54. The van der Waals surface area contributed by atoms with Crippen LogP contribution in [0.2, 0.25) is 0 Å². The van der Waals surface area contributed by atoms with Gasteiger partial charge in [0.15, 0.2) is 5.78 Å². The van der Waals surface area contributed by atoms with Crippen molar-refractivity contribution in [3.05, 3.63) is 83.3 Å². The van der Waals surface area contributed by atoms with Crippen molar-refractivity contribution >= 4 is 23.2 Å². The third-order valence-electron chi connectivity index (χ3n) is 4.01. The lowest BCUT2D eigenvalue weighted by atomic mass is 10.1. The first-order valence-electron chi connectivity index (χ1n) is 8.55. The third-order valence-corrected chi connectivity index (χ3v) is 4.01. The molecule has 1 aromatic heterocycles. The first kappa shape index (κ1) is 18.3. The van der Waals surface area contributed by atoms with Crippen molar-refractivity contribution < 1.29 is 9.59 Å². The standard InChI is InChI=1S/C21H20N4O2/c1-14-4-3-5-16(10-14)12-22-20-11-19(23-13-24-20)21(27)25-18-8-6-17(7-9-18)15(2)26/h3-11,13H,12H2,1-2H3,(H,25,27)(H,22,23,24). The zero-order valence-electron chi connectivity index (χ0n) is 15.2. The van der Waals surface area contributed by atoms with Crippen LogP contribution in [0.15, 0.2) is 60.9 Å².